The number of nitrogens with zero attached hydrogens (tertiary/aromatic N) is 5. The van der Waals surface area contributed by atoms with Crippen LogP contribution in [-0.4, -0.2) is 57.2 Å². The average molecular weight is 417 g/mol. The number of aromatic nitrogens is 3. The SMILES string of the molecule is CN=C(C(=O)Nc1ccn2nc(-c3ccccc3)nc2c1)C(=CN)C(=O)N(C)C1CC1. The van der Waals surface area contributed by atoms with Crippen LogP contribution in [0, 0.1) is 0 Å². The van der Waals surface area contributed by atoms with Crippen LogP contribution in [0.4, 0.5) is 5.69 Å². The molecule has 0 spiro atoms. The van der Waals surface area contributed by atoms with Crippen LogP contribution in [0.1, 0.15) is 12.8 Å². The van der Waals surface area contributed by atoms with Crippen molar-refractivity contribution in [2.75, 3.05) is 19.4 Å². The Kier molecular flexibility index (Phi) is 5.48. The van der Waals surface area contributed by atoms with Gasteiger partial charge in [0, 0.05) is 49.9 Å². The van der Waals surface area contributed by atoms with Gasteiger partial charge in [-0.1, -0.05) is 30.3 Å². The zero-order chi connectivity index (χ0) is 22.0. The standard InChI is InChI=1S/C22H23N7O2/c1-24-19(17(13-23)22(31)28(2)16-8-9-16)21(30)25-15-10-11-29-18(12-15)26-20(27-29)14-6-4-3-5-7-14/h3-7,10-13,16H,8-9,23H2,1-2H3,(H,25,30). The molecule has 0 bridgehead atoms. The number of pyridine rings is 1. The fourth-order valence-electron chi connectivity index (χ4n) is 3.27. The number of benzene rings is 1. The second-order valence-corrected chi connectivity index (χ2v) is 7.27. The van der Waals surface area contributed by atoms with Gasteiger partial charge < -0.3 is 16.0 Å². The zero-order valence-electron chi connectivity index (χ0n) is 17.3. The summed E-state index contributed by atoms with van der Waals surface area (Å²) in [7, 11) is 3.16. The summed E-state index contributed by atoms with van der Waals surface area (Å²) in [5.41, 5.74) is 7.71. The molecule has 3 aromatic rings. The van der Waals surface area contributed by atoms with Gasteiger partial charge in [0.2, 0.25) is 0 Å². The summed E-state index contributed by atoms with van der Waals surface area (Å²) in [6, 6.07) is 13.2. The third-order valence-corrected chi connectivity index (χ3v) is 5.13. The normalized spacial score (nSPS) is 14.5. The third kappa shape index (κ3) is 4.16. The highest BCUT2D eigenvalue weighted by atomic mass is 16.2. The molecule has 2 amide bonds. The number of rotatable bonds is 6. The zero-order valence-corrected chi connectivity index (χ0v) is 17.3. The maximum absolute atomic E-state index is 12.9. The first-order valence-electron chi connectivity index (χ1n) is 9.91. The van der Waals surface area contributed by atoms with Crippen LogP contribution in [0.3, 0.4) is 0 Å². The highest BCUT2D eigenvalue weighted by Gasteiger charge is 2.33. The molecule has 0 radical (unpaired) electrons. The summed E-state index contributed by atoms with van der Waals surface area (Å²) >= 11 is 0. The van der Waals surface area contributed by atoms with Gasteiger partial charge in [-0.2, -0.15) is 0 Å². The molecule has 0 saturated heterocycles. The van der Waals surface area contributed by atoms with Gasteiger partial charge in [0.05, 0.1) is 5.57 Å². The predicted molar refractivity (Wildman–Crippen MR) is 118 cm³/mol. The van der Waals surface area contributed by atoms with Crippen molar-refractivity contribution in [3.63, 3.8) is 0 Å². The van der Waals surface area contributed by atoms with Crippen LogP contribution in [0.5, 0.6) is 0 Å². The average Bonchev–Trinajstić information content (AvgIpc) is 3.55. The van der Waals surface area contributed by atoms with Crippen molar-refractivity contribution in [3.8, 4) is 11.4 Å². The number of nitrogens with two attached hydrogens (primary N) is 1. The van der Waals surface area contributed by atoms with E-state index in [0.29, 0.717) is 17.2 Å². The van der Waals surface area contributed by atoms with E-state index < -0.39 is 5.91 Å². The van der Waals surface area contributed by atoms with Gasteiger partial charge in [0.1, 0.15) is 5.71 Å². The number of anilines is 1. The van der Waals surface area contributed by atoms with E-state index in [2.05, 4.69) is 20.4 Å². The Labute approximate surface area is 179 Å². The molecule has 1 saturated carbocycles. The summed E-state index contributed by atoms with van der Waals surface area (Å²) in [5.74, 6) is -0.257. The molecular formula is C22H23N7O2. The molecule has 2 aromatic heterocycles. The lowest BCUT2D eigenvalue weighted by molar-refractivity contribution is -0.126. The molecule has 9 nitrogen and oxygen atoms in total. The minimum Gasteiger partial charge on any atom is -0.404 e. The van der Waals surface area contributed by atoms with Crippen molar-refractivity contribution in [1.29, 1.82) is 0 Å². The molecule has 1 aromatic carbocycles. The Bertz CT molecular complexity index is 1190. The fraction of sp³-hybridized carbons (Fsp3) is 0.227. The number of amides is 2. The number of fused-ring (bicyclic) bond motifs is 1. The topological polar surface area (TPSA) is 118 Å². The molecular weight excluding hydrogens is 394 g/mol. The lowest BCUT2D eigenvalue weighted by atomic mass is 10.1. The van der Waals surface area contributed by atoms with Gasteiger partial charge in [-0.15, -0.1) is 5.10 Å². The Morgan fingerprint density at radius 3 is 2.65 bits per heavy atom. The number of carbonyl (C=O) groups is 2. The molecule has 1 aliphatic rings. The largest absolute Gasteiger partial charge is 0.404 e. The monoisotopic (exact) mass is 417 g/mol. The smallest absolute Gasteiger partial charge is 0.274 e. The summed E-state index contributed by atoms with van der Waals surface area (Å²) in [6.07, 6.45) is 4.75. The maximum Gasteiger partial charge on any atom is 0.274 e. The molecule has 2 heterocycles. The van der Waals surface area contributed by atoms with E-state index >= 15 is 0 Å². The molecule has 1 aliphatic carbocycles. The van der Waals surface area contributed by atoms with E-state index in [1.807, 2.05) is 30.3 Å². The van der Waals surface area contributed by atoms with Gasteiger partial charge in [-0.25, -0.2) is 9.50 Å². The first-order valence-corrected chi connectivity index (χ1v) is 9.91. The van der Waals surface area contributed by atoms with Crippen LogP contribution in [0.2, 0.25) is 0 Å². The van der Waals surface area contributed by atoms with Crippen LogP contribution in [-0.2, 0) is 9.59 Å². The minimum absolute atomic E-state index is 0.0219. The van der Waals surface area contributed by atoms with Crippen LogP contribution >= 0.6 is 0 Å². The first kappa shape index (κ1) is 20.3. The van der Waals surface area contributed by atoms with E-state index in [1.54, 1.807) is 34.8 Å². The number of carbonyl (C=O) groups excluding carboxylic acids is 2. The lowest BCUT2D eigenvalue weighted by Crippen LogP contribution is -2.37. The summed E-state index contributed by atoms with van der Waals surface area (Å²) in [6.45, 7) is 0. The van der Waals surface area contributed by atoms with Gasteiger partial charge in [-0.3, -0.25) is 14.6 Å². The van der Waals surface area contributed by atoms with Crippen molar-refractivity contribution in [2.24, 2.45) is 10.7 Å². The van der Waals surface area contributed by atoms with E-state index in [1.165, 1.54) is 7.05 Å². The van der Waals surface area contributed by atoms with Gasteiger partial charge in [0.15, 0.2) is 11.5 Å². The number of nitrogens with one attached hydrogen (secondary N) is 1. The van der Waals surface area contributed by atoms with E-state index in [0.717, 1.165) is 24.6 Å². The molecule has 3 N–H and O–H groups in total. The summed E-state index contributed by atoms with van der Waals surface area (Å²) < 4.78 is 1.63. The highest BCUT2D eigenvalue weighted by molar-refractivity contribution is 6.53. The van der Waals surface area contributed by atoms with Crippen molar-refractivity contribution in [1.82, 2.24) is 19.5 Å². The number of likely N-dealkylation sites (N-methyl/N-ethyl adjacent to an activating group) is 1. The van der Waals surface area contributed by atoms with Crippen molar-refractivity contribution in [3.05, 3.63) is 60.4 Å². The number of hydrogen-bond acceptors (Lipinski definition) is 6. The van der Waals surface area contributed by atoms with E-state index in [9.17, 15) is 9.59 Å². The summed E-state index contributed by atoms with van der Waals surface area (Å²) in [5, 5.41) is 7.22. The van der Waals surface area contributed by atoms with Crippen LogP contribution in [0.25, 0.3) is 17.0 Å². The highest BCUT2D eigenvalue weighted by Crippen LogP contribution is 2.26. The minimum atomic E-state index is -0.524. The van der Waals surface area contributed by atoms with Gasteiger partial charge in [0.25, 0.3) is 11.8 Å². The molecule has 4 rings (SSSR count). The van der Waals surface area contributed by atoms with Crippen LogP contribution < -0.4 is 11.1 Å². The lowest BCUT2D eigenvalue weighted by Gasteiger charge is -2.18. The Hall–Kier alpha value is -4.01. The third-order valence-electron chi connectivity index (χ3n) is 5.13. The van der Waals surface area contributed by atoms with Gasteiger partial charge in [-0.05, 0) is 18.9 Å². The summed E-state index contributed by atoms with van der Waals surface area (Å²) in [4.78, 5) is 35.7. The quantitative estimate of drug-likeness (QED) is 0.469. The molecule has 0 atom stereocenters. The predicted octanol–water partition coefficient (Wildman–Crippen LogP) is 1.87. The number of aliphatic imine (C=N–C) groups is 1. The van der Waals surface area contributed by atoms with Crippen LogP contribution in [0.15, 0.2) is 65.4 Å². The molecule has 0 aliphatic heterocycles. The molecule has 1 fully saturated rings. The van der Waals surface area contributed by atoms with Crippen molar-refractivity contribution < 1.29 is 9.59 Å². The molecule has 31 heavy (non-hydrogen) atoms. The van der Waals surface area contributed by atoms with Gasteiger partial charge >= 0.3 is 0 Å². The Morgan fingerprint density at radius 2 is 2.00 bits per heavy atom. The second-order valence-electron chi connectivity index (χ2n) is 7.27. The van der Waals surface area contributed by atoms with E-state index in [-0.39, 0.29) is 23.2 Å². The molecule has 9 heteroatoms. The van der Waals surface area contributed by atoms with E-state index in [4.69, 9.17) is 5.73 Å². The first-order chi connectivity index (χ1) is 15.0. The fourth-order valence-corrected chi connectivity index (χ4v) is 3.27. The second kappa shape index (κ2) is 8.39. The Balaban J connectivity index is 1.54. The van der Waals surface area contributed by atoms with Crippen molar-refractivity contribution in [2.45, 2.75) is 18.9 Å². The maximum atomic E-state index is 12.9. The molecule has 0 unspecified atom stereocenters. The Morgan fingerprint density at radius 1 is 1.26 bits per heavy atom. The number of hydrogen-bond donors (Lipinski definition) is 2. The van der Waals surface area contributed by atoms with Crippen molar-refractivity contribution >= 4 is 28.9 Å². The molecule has 158 valence electrons.